The summed E-state index contributed by atoms with van der Waals surface area (Å²) in [7, 11) is 0. The van der Waals surface area contributed by atoms with Gasteiger partial charge in [0.15, 0.2) is 5.96 Å². The molecule has 0 bridgehead atoms. The molecular weight excluding hydrogens is 309 g/mol. The predicted molar refractivity (Wildman–Crippen MR) is 93.5 cm³/mol. The van der Waals surface area contributed by atoms with Gasteiger partial charge in [0.05, 0.1) is 19.3 Å². The molecule has 0 radical (unpaired) electrons. The molecule has 6 heteroatoms. The van der Waals surface area contributed by atoms with E-state index >= 15 is 0 Å². The molecule has 24 heavy (non-hydrogen) atoms. The van der Waals surface area contributed by atoms with Crippen molar-refractivity contribution in [3.05, 3.63) is 35.6 Å². The standard InChI is InChI=1S/C18H28FN3O2/c1-3-20-18(22-10-9-14(12-22)13-24-4-2)21-11-17(23)15-5-7-16(19)8-6-15/h5-8,14,17,23H,3-4,9-13H2,1-2H3,(H,20,21). The Balaban J connectivity index is 1.94. The molecule has 134 valence electrons. The predicted octanol–water partition coefficient (Wildman–Crippen LogP) is 2.18. The molecule has 2 unspecified atom stereocenters. The third-order valence-corrected chi connectivity index (χ3v) is 4.15. The van der Waals surface area contributed by atoms with Crippen molar-refractivity contribution < 1.29 is 14.2 Å². The SMILES string of the molecule is CCNC(=NCC(O)c1ccc(F)cc1)N1CCC(COCC)C1. The second-order valence-electron chi connectivity index (χ2n) is 6.02. The minimum Gasteiger partial charge on any atom is -0.386 e. The van der Waals surface area contributed by atoms with Gasteiger partial charge in [-0.05, 0) is 38.0 Å². The number of rotatable bonds is 7. The van der Waals surface area contributed by atoms with E-state index in [0.29, 0.717) is 11.5 Å². The molecule has 0 aliphatic carbocycles. The lowest BCUT2D eigenvalue weighted by Gasteiger charge is -2.22. The summed E-state index contributed by atoms with van der Waals surface area (Å²) < 4.78 is 18.5. The van der Waals surface area contributed by atoms with Crippen LogP contribution < -0.4 is 5.32 Å². The zero-order chi connectivity index (χ0) is 17.4. The first kappa shape index (κ1) is 18.7. The summed E-state index contributed by atoms with van der Waals surface area (Å²) >= 11 is 0. The number of aliphatic imine (C=N–C) groups is 1. The molecule has 1 aliphatic rings. The zero-order valence-corrected chi connectivity index (χ0v) is 14.5. The van der Waals surface area contributed by atoms with Crippen LogP contribution >= 0.6 is 0 Å². The van der Waals surface area contributed by atoms with Crippen LogP contribution in [0.5, 0.6) is 0 Å². The third-order valence-electron chi connectivity index (χ3n) is 4.15. The van der Waals surface area contributed by atoms with Crippen molar-refractivity contribution in [2.75, 3.05) is 39.4 Å². The van der Waals surface area contributed by atoms with Crippen LogP contribution in [0.25, 0.3) is 0 Å². The van der Waals surface area contributed by atoms with Crippen LogP contribution in [0.1, 0.15) is 31.9 Å². The van der Waals surface area contributed by atoms with Crippen LogP contribution in [0.2, 0.25) is 0 Å². The number of benzene rings is 1. The number of hydrogen-bond acceptors (Lipinski definition) is 3. The average molecular weight is 337 g/mol. The first-order valence-electron chi connectivity index (χ1n) is 8.68. The van der Waals surface area contributed by atoms with Gasteiger partial charge >= 0.3 is 0 Å². The molecule has 0 aromatic heterocycles. The van der Waals surface area contributed by atoms with E-state index in [1.807, 2.05) is 13.8 Å². The van der Waals surface area contributed by atoms with Gasteiger partial charge in [-0.3, -0.25) is 4.99 Å². The summed E-state index contributed by atoms with van der Waals surface area (Å²) in [4.78, 5) is 6.77. The van der Waals surface area contributed by atoms with Crippen LogP contribution in [0.15, 0.2) is 29.3 Å². The van der Waals surface area contributed by atoms with Gasteiger partial charge in [-0.15, -0.1) is 0 Å². The van der Waals surface area contributed by atoms with Crippen LogP contribution in [0, 0.1) is 11.7 Å². The molecule has 2 atom stereocenters. The Labute approximate surface area is 143 Å². The first-order chi connectivity index (χ1) is 11.6. The number of nitrogens with one attached hydrogen (secondary N) is 1. The number of halogens is 1. The maximum Gasteiger partial charge on any atom is 0.194 e. The molecule has 2 rings (SSSR count). The largest absolute Gasteiger partial charge is 0.386 e. The Hall–Kier alpha value is -1.66. The van der Waals surface area contributed by atoms with Crippen molar-refractivity contribution in [1.82, 2.24) is 10.2 Å². The fourth-order valence-corrected chi connectivity index (χ4v) is 2.83. The Morgan fingerprint density at radius 2 is 2.17 bits per heavy atom. The van der Waals surface area contributed by atoms with E-state index in [0.717, 1.165) is 45.2 Å². The van der Waals surface area contributed by atoms with Gasteiger partial charge < -0.3 is 20.1 Å². The van der Waals surface area contributed by atoms with Crippen molar-refractivity contribution in [3.8, 4) is 0 Å². The Morgan fingerprint density at radius 1 is 1.42 bits per heavy atom. The van der Waals surface area contributed by atoms with Crippen LogP contribution in [-0.4, -0.2) is 55.4 Å². The quantitative estimate of drug-likeness (QED) is 0.591. The van der Waals surface area contributed by atoms with Crippen LogP contribution in [0.3, 0.4) is 0 Å². The molecule has 1 aromatic rings. The third kappa shape index (κ3) is 5.46. The van der Waals surface area contributed by atoms with Gasteiger partial charge in [-0.1, -0.05) is 12.1 Å². The van der Waals surface area contributed by atoms with E-state index in [4.69, 9.17) is 4.74 Å². The molecule has 2 N–H and O–H groups in total. The zero-order valence-electron chi connectivity index (χ0n) is 14.5. The molecule has 5 nitrogen and oxygen atoms in total. The summed E-state index contributed by atoms with van der Waals surface area (Å²) in [5, 5.41) is 13.5. The highest BCUT2D eigenvalue weighted by Crippen LogP contribution is 2.18. The molecule has 1 aromatic carbocycles. The lowest BCUT2D eigenvalue weighted by molar-refractivity contribution is 0.114. The molecule has 1 saturated heterocycles. The van der Waals surface area contributed by atoms with Gasteiger partial charge in [-0.25, -0.2) is 4.39 Å². The van der Waals surface area contributed by atoms with Crippen molar-refractivity contribution in [3.63, 3.8) is 0 Å². The molecule has 1 fully saturated rings. The van der Waals surface area contributed by atoms with Gasteiger partial charge in [0.1, 0.15) is 5.82 Å². The number of aliphatic hydroxyl groups excluding tert-OH is 1. The summed E-state index contributed by atoms with van der Waals surface area (Å²) in [6.45, 7) is 8.45. The van der Waals surface area contributed by atoms with E-state index in [2.05, 4.69) is 15.2 Å². The second kappa shape index (κ2) is 9.59. The molecule has 0 saturated carbocycles. The Morgan fingerprint density at radius 3 is 2.83 bits per heavy atom. The van der Waals surface area contributed by atoms with Crippen molar-refractivity contribution in [2.45, 2.75) is 26.4 Å². The minimum atomic E-state index is -0.735. The normalized spacial score (nSPS) is 19.6. The van der Waals surface area contributed by atoms with Crippen LogP contribution in [0.4, 0.5) is 4.39 Å². The Bertz CT molecular complexity index is 522. The van der Waals surface area contributed by atoms with Crippen molar-refractivity contribution in [2.24, 2.45) is 10.9 Å². The molecule has 1 heterocycles. The number of likely N-dealkylation sites (tertiary alicyclic amines) is 1. The first-order valence-corrected chi connectivity index (χ1v) is 8.68. The molecule has 0 amide bonds. The van der Waals surface area contributed by atoms with Crippen molar-refractivity contribution in [1.29, 1.82) is 0 Å². The number of ether oxygens (including phenoxy) is 1. The van der Waals surface area contributed by atoms with Crippen LogP contribution in [-0.2, 0) is 4.74 Å². The maximum absolute atomic E-state index is 13.0. The van der Waals surface area contributed by atoms with E-state index < -0.39 is 6.10 Å². The molecule has 0 spiro atoms. The van der Waals surface area contributed by atoms with Gasteiger partial charge in [0.2, 0.25) is 0 Å². The summed E-state index contributed by atoms with van der Waals surface area (Å²) in [5.41, 5.74) is 0.673. The smallest absolute Gasteiger partial charge is 0.194 e. The number of nitrogens with zero attached hydrogens (tertiary/aromatic N) is 2. The highest BCUT2D eigenvalue weighted by molar-refractivity contribution is 5.80. The highest BCUT2D eigenvalue weighted by Gasteiger charge is 2.25. The fraction of sp³-hybridized carbons (Fsp3) is 0.611. The maximum atomic E-state index is 13.0. The monoisotopic (exact) mass is 337 g/mol. The van der Waals surface area contributed by atoms with Gasteiger partial charge in [0, 0.05) is 32.2 Å². The number of hydrogen-bond donors (Lipinski definition) is 2. The average Bonchev–Trinajstić information content (AvgIpc) is 3.06. The van der Waals surface area contributed by atoms with E-state index in [9.17, 15) is 9.50 Å². The molecular formula is C18H28FN3O2. The fourth-order valence-electron chi connectivity index (χ4n) is 2.83. The Kier molecular flexibility index (Phi) is 7.46. The van der Waals surface area contributed by atoms with Gasteiger partial charge in [-0.2, -0.15) is 0 Å². The lowest BCUT2D eigenvalue weighted by Crippen LogP contribution is -2.40. The van der Waals surface area contributed by atoms with E-state index in [-0.39, 0.29) is 12.4 Å². The number of aliphatic hydroxyl groups is 1. The second-order valence-corrected chi connectivity index (χ2v) is 6.02. The van der Waals surface area contributed by atoms with Gasteiger partial charge in [0.25, 0.3) is 0 Å². The van der Waals surface area contributed by atoms with E-state index in [1.165, 1.54) is 12.1 Å². The lowest BCUT2D eigenvalue weighted by atomic mass is 10.1. The minimum absolute atomic E-state index is 0.251. The summed E-state index contributed by atoms with van der Waals surface area (Å²) in [6.07, 6.45) is 0.353. The summed E-state index contributed by atoms with van der Waals surface area (Å²) in [6, 6.07) is 5.89. The highest BCUT2D eigenvalue weighted by atomic mass is 19.1. The molecule has 1 aliphatic heterocycles. The number of guanidine groups is 1. The summed E-state index contributed by atoms with van der Waals surface area (Å²) in [5.74, 6) is 1.04. The van der Waals surface area contributed by atoms with Crippen molar-refractivity contribution >= 4 is 5.96 Å². The topological polar surface area (TPSA) is 57.1 Å². The van der Waals surface area contributed by atoms with E-state index in [1.54, 1.807) is 12.1 Å².